The number of nitrogens with two attached hydrogens (primary N) is 1. The summed E-state index contributed by atoms with van der Waals surface area (Å²) in [7, 11) is 0. The van der Waals surface area contributed by atoms with E-state index in [0.717, 1.165) is 25.7 Å². The Hall–Kier alpha value is -1.21. The molecule has 0 radical (unpaired) electrons. The van der Waals surface area contributed by atoms with E-state index in [1.807, 2.05) is 0 Å². The molecular formula is C14H17F3N2OS. The second-order valence-corrected chi connectivity index (χ2v) is 6.24. The molecule has 3 nitrogen and oxygen atoms in total. The molecule has 0 bridgehead atoms. The Balaban J connectivity index is 2.07. The molecule has 1 aliphatic carbocycles. The third-order valence-corrected chi connectivity index (χ3v) is 4.23. The zero-order chi connectivity index (χ0) is 15.5. The van der Waals surface area contributed by atoms with Gasteiger partial charge in [0.1, 0.15) is 6.04 Å². The van der Waals surface area contributed by atoms with Crippen molar-refractivity contribution in [2.24, 2.45) is 5.73 Å². The summed E-state index contributed by atoms with van der Waals surface area (Å²) in [5.74, 6) is -0.516. The highest BCUT2D eigenvalue weighted by Gasteiger charge is 2.29. The van der Waals surface area contributed by atoms with Crippen LogP contribution in [0.25, 0.3) is 0 Å². The zero-order valence-electron chi connectivity index (χ0n) is 11.3. The lowest BCUT2D eigenvalue weighted by Crippen LogP contribution is -2.38. The molecule has 3 N–H and O–H groups in total. The summed E-state index contributed by atoms with van der Waals surface area (Å²) in [6.45, 7) is 0. The fourth-order valence-corrected chi connectivity index (χ4v) is 3.07. The average Bonchev–Trinajstić information content (AvgIpc) is 2.88. The number of hydrogen-bond acceptors (Lipinski definition) is 3. The first-order chi connectivity index (χ1) is 9.85. The van der Waals surface area contributed by atoms with E-state index in [0.29, 0.717) is 5.56 Å². The molecule has 1 amide bonds. The monoisotopic (exact) mass is 318 g/mol. The van der Waals surface area contributed by atoms with Crippen LogP contribution in [-0.4, -0.2) is 17.5 Å². The Labute approximate surface area is 125 Å². The highest BCUT2D eigenvalue weighted by molar-refractivity contribution is 8.00. The van der Waals surface area contributed by atoms with E-state index < -0.39 is 17.5 Å². The van der Waals surface area contributed by atoms with Gasteiger partial charge in [-0.05, 0) is 42.3 Å². The van der Waals surface area contributed by atoms with E-state index in [-0.39, 0.29) is 22.7 Å². The molecule has 1 saturated carbocycles. The minimum absolute atomic E-state index is 0.0929. The van der Waals surface area contributed by atoms with Crippen LogP contribution in [-0.2, 0) is 4.79 Å². The summed E-state index contributed by atoms with van der Waals surface area (Å²) >= 11 is -0.174. The largest absolute Gasteiger partial charge is 0.446 e. The number of rotatable bonds is 5. The molecule has 1 fully saturated rings. The van der Waals surface area contributed by atoms with Crippen molar-refractivity contribution >= 4 is 17.7 Å². The third-order valence-electron chi connectivity index (χ3n) is 3.49. The maximum Gasteiger partial charge on any atom is 0.446 e. The smallest absolute Gasteiger partial charge is 0.368 e. The van der Waals surface area contributed by atoms with Crippen LogP contribution in [0.15, 0.2) is 29.2 Å². The Kier molecular flexibility index (Phi) is 5.16. The summed E-state index contributed by atoms with van der Waals surface area (Å²) < 4.78 is 36.8. The molecule has 0 heterocycles. The third kappa shape index (κ3) is 4.93. The van der Waals surface area contributed by atoms with Gasteiger partial charge >= 0.3 is 5.51 Å². The summed E-state index contributed by atoms with van der Waals surface area (Å²) in [5, 5.41) is 3.20. The molecule has 116 valence electrons. The van der Waals surface area contributed by atoms with Crippen molar-refractivity contribution in [3.63, 3.8) is 0 Å². The molecule has 0 saturated heterocycles. The standard InChI is InChI=1S/C14H17F3N2OS/c15-14(16,17)21-11-7-5-9(6-8-11)12(13(18)20)19-10-3-1-2-4-10/h5-8,10,12,19H,1-4H2,(H2,18,20). The van der Waals surface area contributed by atoms with Crippen LogP contribution in [0.1, 0.15) is 37.3 Å². The van der Waals surface area contributed by atoms with E-state index in [2.05, 4.69) is 5.32 Å². The van der Waals surface area contributed by atoms with Crippen molar-refractivity contribution in [2.75, 3.05) is 0 Å². The van der Waals surface area contributed by atoms with Crippen LogP contribution >= 0.6 is 11.8 Å². The Bertz CT molecular complexity index is 484. The predicted molar refractivity (Wildman–Crippen MR) is 75.7 cm³/mol. The maximum absolute atomic E-state index is 12.3. The van der Waals surface area contributed by atoms with Gasteiger partial charge in [0.25, 0.3) is 0 Å². The van der Waals surface area contributed by atoms with Gasteiger partial charge in [-0.2, -0.15) is 13.2 Å². The number of benzene rings is 1. The van der Waals surface area contributed by atoms with E-state index >= 15 is 0 Å². The number of amides is 1. The summed E-state index contributed by atoms with van der Waals surface area (Å²) in [6.07, 6.45) is 4.21. The van der Waals surface area contributed by atoms with Crippen molar-refractivity contribution in [2.45, 2.75) is 48.2 Å². The van der Waals surface area contributed by atoms with Crippen molar-refractivity contribution in [1.29, 1.82) is 0 Å². The average molecular weight is 318 g/mol. The van der Waals surface area contributed by atoms with Crippen LogP contribution in [0, 0.1) is 0 Å². The molecule has 0 aliphatic heterocycles. The molecule has 1 aromatic rings. The second-order valence-electron chi connectivity index (χ2n) is 5.10. The van der Waals surface area contributed by atoms with Gasteiger partial charge in [0.15, 0.2) is 0 Å². The van der Waals surface area contributed by atoms with Gasteiger partial charge in [0.05, 0.1) is 0 Å². The fourth-order valence-electron chi connectivity index (χ4n) is 2.53. The molecule has 1 atom stereocenters. The summed E-state index contributed by atoms with van der Waals surface area (Å²) in [6, 6.07) is 5.35. The SMILES string of the molecule is NC(=O)C(NC1CCCC1)c1ccc(SC(F)(F)F)cc1. The van der Waals surface area contributed by atoms with Gasteiger partial charge in [-0.3, -0.25) is 10.1 Å². The first-order valence-electron chi connectivity index (χ1n) is 6.76. The number of thioether (sulfide) groups is 1. The highest BCUT2D eigenvalue weighted by atomic mass is 32.2. The van der Waals surface area contributed by atoms with E-state index in [9.17, 15) is 18.0 Å². The molecule has 1 aliphatic rings. The number of halogens is 3. The molecule has 0 spiro atoms. The van der Waals surface area contributed by atoms with Gasteiger partial charge in [-0.25, -0.2) is 0 Å². The summed E-state index contributed by atoms with van der Waals surface area (Å²) in [4.78, 5) is 11.7. The number of alkyl halides is 3. The quantitative estimate of drug-likeness (QED) is 0.819. The van der Waals surface area contributed by atoms with Crippen molar-refractivity contribution < 1.29 is 18.0 Å². The van der Waals surface area contributed by atoms with Crippen LogP contribution in [0.5, 0.6) is 0 Å². The van der Waals surface area contributed by atoms with Gasteiger partial charge < -0.3 is 5.73 Å². The molecule has 0 aromatic heterocycles. The molecule has 1 unspecified atom stereocenters. The Morgan fingerprint density at radius 3 is 2.29 bits per heavy atom. The minimum atomic E-state index is -4.31. The van der Waals surface area contributed by atoms with Crippen molar-refractivity contribution in [1.82, 2.24) is 5.32 Å². The lowest BCUT2D eigenvalue weighted by Gasteiger charge is -2.21. The normalized spacial score (nSPS) is 17.9. The van der Waals surface area contributed by atoms with E-state index in [1.165, 1.54) is 24.3 Å². The van der Waals surface area contributed by atoms with Gasteiger partial charge in [-0.15, -0.1) is 0 Å². The number of nitrogens with one attached hydrogen (secondary N) is 1. The van der Waals surface area contributed by atoms with Crippen molar-refractivity contribution in [3.05, 3.63) is 29.8 Å². The predicted octanol–water partition coefficient (Wildman–Crippen LogP) is 3.36. The zero-order valence-corrected chi connectivity index (χ0v) is 12.1. The van der Waals surface area contributed by atoms with Gasteiger partial charge in [0.2, 0.25) is 5.91 Å². The first-order valence-corrected chi connectivity index (χ1v) is 7.58. The van der Waals surface area contributed by atoms with Gasteiger partial charge in [0, 0.05) is 10.9 Å². The van der Waals surface area contributed by atoms with Crippen molar-refractivity contribution in [3.8, 4) is 0 Å². The topological polar surface area (TPSA) is 55.1 Å². The number of primary amides is 1. The molecule has 1 aromatic carbocycles. The number of carbonyl (C=O) groups excluding carboxylic acids is 1. The van der Waals surface area contributed by atoms with Crippen LogP contribution in [0.3, 0.4) is 0 Å². The second kappa shape index (κ2) is 6.70. The maximum atomic E-state index is 12.3. The van der Waals surface area contributed by atoms with Crippen LogP contribution < -0.4 is 11.1 Å². The first kappa shape index (κ1) is 16.2. The Morgan fingerprint density at radius 2 is 1.81 bits per heavy atom. The highest BCUT2D eigenvalue weighted by Crippen LogP contribution is 2.37. The molecular weight excluding hydrogens is 301 g/mol. The molecule has 2 rings (SSSR count). The lowest BCUT2D eigenvalue weighted by molar-refractivity contribution is -0.120. The molecule has 7 heteroatoms. The van der Waals surface area contributed by atoms with Gasteiger partial charge in [-0.1, -0.05) is 25.0 Å². The number of hydrogen-bond donors (Lipinski definition) is 2. The lowest BCUT2D eigenvalue weighted by atomic mass is 10.0. The Morgan fingerprint density at radius 1 is 1.24 bits per heavy atom. The summed E-state index contributed by atoms with van der Waals surface area (Å²) in [5.41, 5.74) is 1.69. The fraction of sp³-hybridized carbons (Fsp3) is 0.500. The van der Waals surface area contributed by atoms with Crippen LogP contribution in [0.4, 0.5) is 13.2 Å². The molecule has 21 heavy (non-hydrogen) atoms. The number of carbonyl (C=O) groups is 1. The van der Waals surface area contributed by atoms with E-state index in [4.69, 9.17) is 5.73 Å². The minimum Gasteiger partial charge on any atom is -0.368 e. The van der Waals surface area contributed by atoms with Crippen LogP contribution in [0.2, 0.25) is 0 Å². The van der Waals surface area contributed by atoms with E-state index in [1.54, 1.807) is 0 Å².